The number of ketones is 3. The summed E-state index contributed by atoms with van der Waals surface area (Å²) in [5, 5.41) is 96.2. The molecule has 0 aliphatic heterocycles. The van der Waals surface area contributed by atoms with Gasteiger partial charge in [0.05, 0.1) is 34.1 Å². The quantitative estimate of drug-likeness (QED) is 0.00759. The Hall–Kier alpha value is -18.4. The molecule has 0 radical (unpaired) electrons. The van der Waals surface area contributed by atoms with Gasteiger partial charge in [0.15, 0.2) is 0 Å². The van der Waals surface area contributed by atoms with E-state index in [1.807, 2.05) is 109 Å². The van der Waals surface area contributed by atoms with Gasteiger partial charge in [0.25, 0.3) is 35.2 Å². The molecule has 0 saturated carbocycles. The number of phenolic OH excluding ortho intramolecular Hbond substituents is 6. The zero-order valence-corrected chi connectivity index (χ0v) is 77.8. The van der Waals surface area contributed by atoms with Crippen molar-refractivity contribution in [3.05, 3.63) is 449 Å². The fourth-order valence-electron chi connectivity index (χ4n) is 12.1. The predicted molar refractivity (Wildman–Crippen MR) is 534 cm³/mol. The minimum Gasteiger partial charge on any atom is -0.507 e. The Morgan fingerprint density at radius 2 is 0.376 bits per heavy atom. The molecule has 1 heterocycles. The molecule has 0 spiro atoms. The van der Waals surface area contributed by atoms with E-state index in [1.54, 1.807) is 310 Å². The average molecular weight is 1980 g/mol. The first kappa shape index (κ1) is 105. The van der Waals surface area contributed by atoms with Crippen LogP contribution in [0.4, 0.5) is 52.0 Å². The number of Topliss-reactive ketones (excluding diaryl/α,β-unsaturated/α-hetero) is 3. The van der Waals surface area contributed by atoms with Gasteiger partial charge in [0, 0.05) is 158 Å². The van der Waals surface area contributed by atoms with Crippen LogP contribution in [0.5, 0.6) is 51.7 Å². The minimum absolute atomic E-state index is 0. The van der Waals surface area contributed by atoms with Gasteiger partial charge in [0.2, 0.25) is 0 Å². The normalized spacial score (nSPS) is 11.4. The second kappa shape index (κ2) is 54.8. The van der Waals surface area contributed by atoms with Crippen LogP contribution >= 0.6 is 0 Å². The molecule has 0 bridgehead atoms. The molecule has 9 N–H and O–H groups in total. The van der Waals surface area contributed by atoms with Gasteiger partial charge in [-0.15, -0.1) is 0 Å². The van der Waals surface area contributed by atoms with E-state index in [4.69, 9.17) is 14.2 Å². The SMILES string of the molecule is O=C(/C(=N\O)Oc1ccc(/C=N/c2nc(/N=C/c3ccc(O/C(=N/O)C(=O)c4ccccc4)cc3)nc(/N=C/c3ccc(O/C(=N/O)C(=O)c4ccccc4)cc3)n2)cc1)c1ccccc1.Oc1ccccc1C=Nc1ccccc1N=Cc1ccccc1O.Oc1ccccc1C=Nc1ccccc1N=Cc1ccccc1O.Oc1ccccc1C=Nc1ccccc1N=Cc1ccccc1O.[Cr].[Cr].[Cr]. The first-order chi connectivity index (χ1) is 67.5. The van der Waals surface area contributed by atoms with Crippen molar-refractivity contribution in [2.45, 2.75) is 0 Å². The van der Waals surface area contributed by atoms with E-state index in [2.05, 4.69) is 75.4 Å². The number of hydrogen-bond donors (Lipinski definition) is 9. The van der Waals surface area contributed by atoms with E-state index in [0.29, 0.717) is 84.2 Å². The Morgan fingerprint density at radius 3 is 0.553 bits per heavy atom. The molecule has 0 aliphatic carbocycles. The molecule has 0 fully saturated rings. The number of nitrogens with zero attached hydrogens (tertiary/aromatic N) is 15. The average Bonchev–Trinajstić information content (AvgIpc) is 0.755. The molecular formula is C108H81Cr3N15O15. The Morgan fingerprint density at radius 1 is 0.206 bits per heavy atom. The number of ether oxygens (including phenoxy) is 3. The second-order valence-corrected chi connectivity index (χ2v) is 28.7. The van der Waals surface area contributed by atoms with Crippen LogP contribution in [-0.2, 0) is 52.1 Å². The van der Waals surface area contributed by atoms with E-state index < -0.39 is 35.0 Å². The van der Waals surface area contributed by atoms with Gasteiger partial charge in [0.1, 0.15) is 51.7 Å². The van der Waals surface area contributed by atoms with Crippen molar-refractivity contribution in [2.24, 2.45) is 60.4 Å². The number of aromatic nitrogens is 3. The number of aromatic hydroxyl groups is 6. The molecule has 15 aromatic carbocycles. The number of carbonyl (C=O) groups excluding carboxylic acids is 3. The summed E-state index contributed by atoms with van der Waals surface area (Å²) >= 11 is 0. The third kappa shape index (κ3) is 31.9. The van der Waals surface area contributed by atoms with Crippen LogP contribution in [0.15, 0.2) is 443 Å². The molecule has 30 nitrogen and oxygen atoms in total. The molecule has 0 saturated heterocycles. The largest absolute Gasteiger partial charge is 0.507 e. The van der Waals surface area contributed by atoms with Gasteiger partial charge in [-0.25, -0.2) is 15.0 Å². The number of hydrogen-bond acceptors (Lipinski definition) is 30. The van der Waals surface area contributed by atoms with Gasteiger partial charge < -0.3 is 60.5 Å². The summed E-state index contributed by atoms with van der Waals surface area (Å²) < 4.78 is 16.6. The van der Waals surface area contributed by atoms with Crippen molar-refractivity contribution in [3.8, 4) is 51.7 Å². The molecule has 1 aromatic heterocycles. The molecule has 33 heteroatoms. The van der Waals surface area contributed by atoms with Crippen molar-refractivity contribution >= 4 is 143 Å². The summed E-state index contributed by atoms with van der Waals surface area (Å²) in [5.41, 5.74) is 10.5. The van der Waals surface area contributed by atoms with E-state index in [0.717, 1.165) is 0 Å². The third-order valence-corrected chi connectivity index (χ3v) is 19.2. The maximum atomic E-state index is 12.7. The summed E-state index contributed by atoms with van der Waals surface area (Å²) in [6, 6.07) is 108. The van der Waals surface area contributed by atoms with E-state index >= 15 is 0 Å². The van der Waals surface area contributed by atoms with Gasteiger partial charge in [-0.1, -0.05) is 200 Å². The summed E-state index contributed by atoms with van der Waals surface area (Å²) in [5.74, 6) is -1.79. The summed E-state index contributed by atoms with van der Waals surface area (Å²) in [7, 11) is 0. The van der Waals surface area contributed by atoms with Gasteiger partial charge >= 0.3 is 17.7 Å². The predicted octanol–water partition coefficient (Wildman–Crippen LogP) is 22.1. The summed E-state index contributed by atoms with van der Waals surface area (Å²) in [6.07, 6.45) is 14.0. The van der Waals surface area contributed by atoms with Gasteiger partial charge in [-0.3, -0.25) is 44.3 Å². The number of aliphatic imine (C=N–C) groups is 9. The fraction of sp³-hybridized carbons (Fsp3) is 0. The molecule has 0 aliphatic rings. The Kier molecular flexibility index (Phi) is 40.7. The molecule has 0 amide bonds. The van der Waals surface area contributed by atoms with Crippen molar-refractivity contribution in [1.29, 1.82) is 0 Å². The molecule has 0 unspecified atom stereocenters. The summed E-state index contributed by atoms with van der Waals surface area (Å²) in [4.78, 5) is 90.9. The Balaban J connectivity index is 0.000000222. The van der Waals surface area contributed by atoms with E-state index in [9.17, 15) is 60.6 Å². The number of carbonyl (C=O) groups is 3. The smallest absolute Gasteiger partial charge is 0.304 e. The third-order valence-electron chi connectivity index (χ3n) is 19.2. The molecule has 16 aromatic rings. The first-order valence-corrected chi connectivity index (χ1v) is 41.9. The molecule has 16 rings (SSSR count). The number of phenols is 6. The number of oxime groups is 3. The topological polar surface area (TPSA) is 448 Å². The van der Waals surface area contributed by atoms with Crippen LogP contribution in [0.1, 0.15) is 81.1 Å². The van der Waals surface area contributed by atoms with Gasteiger partial charge in [-0.2, -0.15) is 15.0 Å². The zero-order valence-electron chi connectivity index (χ0n) is 74.0. The zero-order chi connectivity index (χ0) is 96.4. The maximum Gasteiger partial charge on any atom is 0.304 e. The van der Waals surface area contributed by atoms with Crippen LogP contribution in [0.25, 0.3) is 0 Å². The van der Waals surface area contributed by atoms with Crippen LogP contribution in [0.3, 0.4) is 0 Å². The monoisotopic (exact) mass is 1980 g/mol. The number of para-hydroxylation sites is 12. The first-order valence-electron chi connectivity index (χ1n) is 41.9. The second-order valence-electron chi connectivity index (χ2n) is 28.7. The van der Waals surface area contributed by atoms with Crippen molar-refractivity contribution in [1.82, 2.24) is 15.0 Å². The Labute approximate surface area is 840 Å². The fourth-order valence-corrected chi connectivity index (χ4v) is 12.1. The van der Waals surface area contributed by atoms with Crippen molar-refractivity contribution < 1.29 is 127 Å². The van der Waals surface area contributed by atoms with Crippen LogP contribution in [-0.4, -0.2) is 152 Å². The van der Waals surface area contributed by atoms with Gasteiger partial charge in [-0.05, 0) is 214 Å². The van der Waals surface area contributed by atoms with Crippen molar-refractivity contribution in [2.75, 3.05) is 0 Å². The Bertz CT molecular complexity index is 6390. The molecule has 141 heavy (non-hydrogen) atoms. The standard InChI is InChI=1S/C48H33N9O9.3C20H16N2O2.3Cr/c58-40(34-10-4-1-5-11-34)43(55-61)64-37-22-16-31(17-23-37)28-49-46-52-47(50-29-32-18-24-38(25-19-32)65-44(56-62)41(59)35-12-6-2-7-13-35)54-48(53-46)51-30-33-20-26-39(27-21-33)66-45(57-63)42(60)36-14-8-3-9-15-36;3*23-19-11-5-1-7-15(19)13-21-17-9-3-4-10-18(17)22-14-16-8-2-6-12-20(16)24;;;/h1-30,61-63H;3*1-14,23-24H;;;/b49-28+,50-29+,51-30+,55-43+,56-44+,57-45+;;;;;;. The van der Waals surface area contributed by atoms with Crippen molar-refractivity contribution in [3.63, 3.8) is 0 Å². The summed E-state index contributed by atoms with van der Waals surface area (Å²) in [6.45, 7) is 0. The number of rotatable bonds is 27. The van der Waals surface area contributed by atoms with Crippen LogP contribution in [0, 0.1) is 0 Å². The van der Waals surface area contributed by atoms with Crippen LogP contribution < -0.4 is 14.2 Å². The molecular weight excluding hydrogens is 1900 g/mol. The maximum absolute atomic E-state index is 12.7. The van der Waals surface area contributed by atoms with E-state index in [1.165, 1.54) is 18.6 Å². The van der Waals surface area contributed by atoms with E-state index in [-0.39, 0.29) is 138 Å². The van der Waals surface area contributed by atoms with Crippen LogP contribution in [0.2, 0.25) is 0 Å². The molecule has 696 valence electrons. The number of benzene rings is 15. The minimum atomic E-state index is -0.606. The molecule has 0 atom stereocenters.